The third-order valence-corrected chi connectivity index (χ3v) is 4.44. The predicted molar refractivity (Wildman–Crippen MR) is 83.9 cm³/mol. The second kappa shape index (κ2) is 6.81. The number of benzene rings is 1. The van der Waals surface area contributed by atoms with Gasteiger partial charge in [-0.05, 0) is 43.0 Å². The van der Waals surface area contributed by atoms with Gasteiger partial charge in [-0.2, -0.15) is 0 Å². The number of anilines is 1. The number of nitrogens with one attached hydrogen (secondary N) is 1. The lowest BCUT2D eigenvalue weighted by molar-refractivity contribution is -0.139. The molecule has 0 heterocycles. The molecule has 0 saturated heterocycles. The van der Waals surface area contributed by atoms with Crippen molar-refractivity contribution in [1.29, 1.82) is 0 Å². The summed E-state index contributed by atoms with van der Waals surface area (Å²) in [6.45, 7) is 3.63. The van der Waals surface area contributed by atoms with Gasteiger partial charge in [0.1, 0.15) is 5.75 Å². The van der Waals surface area contributed by atoms with Crippen LogP contribution in [0.1, 0.15) is 39.5 Å². The van der Waals surface area contributed by atoms with Gasteiger partial charge in [0.05, 0.1) is 0 Å². The Kier molecular flexibility index (Phi) is 5.06. The van der Waals surface area contributed by atoms with Crippen molar-refractivity contribution in [2.75, 3.05) is 11.9 Å². The molecule has 2 rings (SSSR count). The van der Waals surface area contributed by atoms with E-state index in [0.717, 1.165) is 12.8 Å². The van der Waals surface area contributed by atoms with E-state index in [1.807, 2.05) is 13.8 Å². The summed E-state index contributed by atoms with van der Waals surface area (Å²) in [7, 11) is 0. The highest BCUT2D eigenvalue weighted by Crippen LogP contribution is 2.40. The molecule has 1 aromatic carbocycles. The molecule has 5 nitrogen and oxygen atoms in total. The normalized spacial score (nSPS) is 15.5. The van der Waals surface area contributed by atoms with Gasteiger partial charge < -0.3 is 15.2 Å². The standard InChI is InChI=1S/C17H23NO4/c1-17(2,12-5-3-4-6-12)16(21)18-13-7-9-14(10-8-13)22-11-15(19)20/h7-10,12H,3-6,11H2,1-2H3,(H,18,21)(H,19,20). The number of carbonyl (C=O) groups is 2. The van der Waals surface area contributed by atoms with Crippen LogP contribution in [-0.4, -0.2) is 23.6 Å². The van der Waals surface area contributed by atoms with Crippen molar-refractivity contribution in [2.45, 2.75) is 39.5 Å². The summed E-state index contributed by atoms with van der Waals surface area (Å²) in [6, 6.07) is 6.75. The summed E-state index contributed by atoms with van der Waals surface area (Å²) in [4.78, 5) is 22.9. The number of carboxylic acids is 1. The molecule has 0 unspecified atom stereocenters. The maximum absolute atomic E-state index is 12.5. The first-order chi connectivity index (χ1) is 10.4. The highest BCUT2D eigenvalue weighted by atomic mass is 16.5. The summed E-state index contributed by atoms with van der Waals surface area (Å²) in [5.74, 6) is -0.0876. The van der Waals surface area contributed by atoms with Gasteiger partial charge in [-0.3, -0.25) is 4.79 Å². The fourth-order valence-electron chi connectivity index (χ4n) is 2.90. The SMILES string of the molecule is CC(C)(C(=O)Nc1ccc(OCC(=O)O)cc1)C1CCCC1. The number of rotatable bonds is 6. The molecule has 1 fully saturated rings. The Morgan fingerprint density at radius 1 is 1.23 bits per heavy atom. The minimum atomic E-state index is -1.02. The molecule has 2 N–H and O–H groups in total. The fourth-order valence-corrected chi connectivity index (χ4v) is 2.90. The lowest BCUT2D eigenvalue weighted by Crippen LogP contribution is -2.36. The molecule has 0 aliphatic heterocycles. The summed E-state index contributed by atoms with van der Waals surface area (Å²) < 4.78 is 5.06. The monoisotopic (exact) mass is 305 g/mol. The molecular weight excluding hydrogens is 282 g/mol. The van der Waals surface area contributed by atoms with Gasteiger partial charge in [-0.25, -0.2) is 4.79 Å². The molecule has 0 spiro atoms. The van der Waals surface area contributed by atoms with Gasteiger partial charge in [0.15, 0.2) is 6.61 Å². The van der Waals surface area contributed by atoms with Gasteiger partial charge in [0.25, 0.3) is 0 Å². The molecule has 1 aliphatic carbocycles. The van der Waals surface area contributed by atoms with Crippen molar-refractivity contribution >= 4 is 17.6 Å². The Labute approximate surface area is 130 Å². The topological polar surface area (TPSA) is 75.6 Å². The summed E-state index contributed by atoms with van der Waals surface area (Å²) >= 11 is 0. The molecule has 0 aromatic heterocycles. The Hall–Kier alpha value is -2.04. The largest absolute Gasteiger partial charge is 0.482 e. The predicted octanol–water partition coefficient (Wildman–Crippen LogP) is 3.30. The van der Waals surface area contributed by atoms with Gasteiger partial charge in [0.2, 0.25) is 5.91 Å². The molecule has 1 amide bonds. The molecule has 1 saturated carbocycles. The summed E-state index contributed by atoms with van der Waals surface area (Å²) in [5.41, 5.74) is 0.313. The number of amides is 1. The Bertz CT molecular complexity index is 530. The van der Waals surface area contributed by atoms with Crippen LogP contribution in [0.2, 0.25) is 0 Å². The molecule has 1 aromatic rings. The van der Waals surface area contributed by atoms with E-state index in [0.29, 0.717) is 17.4 Å². The van der Waals surface area contributed by atoms with Gasteiger partial charge in [-0.15, -0.1) is 0 Å². The smallest absolute Gasteiger partial charge is 0.341 e. The van der Waals surface area contributed by atoms with E-state index in [2.05, 4.69) is 5.32 Å². The molecule has 0 atom stereocenters. The van der Waals surface area contributed by atoms with Gasteiger partial charge >= 0.3 is 5.97 Å². The molecule has 120 valence electrons. The van der Waals surface area contributed by atoms with Gasteiger partial charge in [-0.1, -0.05) is 26.7 Å². The average Bonchev–Trinajstić information content (AvgIpc) is 3.01. The first-order valence-electron chi connectivity index (χ1n) is 7.65. The zero-order valence-corrected chi connectivity index (χ0v) is 13.1. The third-order valence-electron chi connectivity index (χ3n) is 4.44. The maximum Gasteiger partial charge on any atom is 0.341 e. The molecule has 5 heteroatoms. The fraction of sp³-hybridized carbons (Fsp3) is 0.529. The molecule has 0 bridgehead atoms. The highest BCUT2D eigenvalue weighted by Gasteiger charge is 2.38. The van der Waals surface area contributed by atoms with Crippen molar-refractivity contribution < 1.29 is 19.4 Å². The number of aliphatic carboxylic acids is 1. The van der Waals surface area contributed by atoms with E-state index in [1.165, 1.54) is 12.8 Å². The van der Waals surface area contributed by atoms with Crippen LogP contribution in [0.15, 0.2) is 24.3 Å². The highest BCUT2D eigenvalue weighted by molar-refractivity contribution is 5.95. The number of hydrogen-bond donors (Lipinski definition) is 2. The van der Waals surface area contributed by atoms with Crippen LogP contribution in [0, 0.1) is 11.3 Å². The average molecular weight is 305 g/mol. The first kappa shape index (κ1) is 16.3. The van der Waals surface area contributed by atoms with Crippen LogP contribution < -0.4 is 10.1 Å². The van der Waals surface area contributed by atoms with Crippen LogP contribution in [0.4, 0.5) is 5.69 Å². The minimum absolute atomic E-state index is 0.0265. The third kappa shape index (κ3) is 4.00. The summed E-state index contributed by atoms with van der Waals surface area (Å²) in [5, 5.41) is 11.5. The van der Waals surface area contributed by atoms with Crippen LogP contribution >= 0.6 is 0 Å². The molecule has 22 heavy (non-hydrogen) atoms. The van der Waals surface area contributed by atoms with Crippen molar-refractivity contribution in [2.24, 2.45) is 11.3 Å². The van der Waals surface area contributed by atoms with E-state index in [4.69, 9.17) is 9.84 Å². The number of hydrogen-bond acceptors (Lipinski definition) is 3. The lowest BCUT2D eigenvalue weighted by atomic mass is 9.77. The van der Waals surface area contributed by atoms with E-state index in [-0.39, 0.29) is 17.9 Å². The van der Waals surface area contributed by atoms with Crippen molar-refractivity contribution in [3.8, 4) is 5.75 Å². The van der Waals surface area contributed by atoms with Crippen LogP contribution in [-0.2, 0) is 9.59 Å². The maximum atomic E-state index is 12.5. The van der Waals surface area contributed by atoms with Crippen molar-refractivity contribution in [3.05, 3.63) is 24.3 Å². The quantitative estimate of drug-likeness (QED) is 0.845. The first-order valence-corrected chi connectivity index (χ1v) is 7.65. The van der Waals surface area contributed by atoms with Crippen LogP contribution in [0.5, 0.6) is 5.75 Å². The van der Waals surface area contributed by atoms with E-state index < -0.39 is 5.97 Å². The molecule has 0 radical (unpaired) electrons. The Balaban J connectivity index is 1.95. The van der Waals surface area contributed by atoms with Crippen LogP contribution in [0.25, 0.3) is 0 Å². The lowest BCUT2D eigenvalue weighted by Gasteiger charge is -2.30. The van der Waals surface area contributed by atoms with Crippen LogP contribution in [0.3, 0.4) is 0 Å². The van der Waals surface area contributed by atoms with E-state index in [1.54, 1.807) is 24.3 Å². The number of carboxylic acid groups (broad SMARTS) is 1. The minimum Gasteiger partial charge on any atom is -0.482 e. The Morgan fingerprint density at radius 3 is 2.36 bits per heavy atom. The van der Waals surface area contributed by atoms with Crippen molar-refractivity contribution in [1.82, 2.24) is 0 Å². The van der Waals surface area contributed by atoms with E-state index in [9.17, 15) is 9.59 Å². The Morgan fingerprint density at radius 2 is 1.82 bits per heavy atom. The second-order valence-corrected chi connectivity index (χ2v) is 6.36. The number of ether oxygens (including phenoxy) is 1. The zero-order valence-electron chi connectivity index (χ0n) is 13.1. The molecular formula is C17H23NO4. The van der Waals surface area contributed by atoms with Gasteiger partial charge in [0, 0.05) is 11.1 Å². The zero-order chi connectivity index (χ0) is 16.2. The summed E-state index contributed by atoms with van der Waals surface area (Å²) in [6.07, 6.45) is 4.64. The second-order valence-electron chi connectivity index (χ2n) is 6.36. The molecule has 1 aliphatic rings. The number of carbonyl (C=O) groups excluding carboxylic acids is 1. The van der Waals surface area contributed by atoms with Crippen molar-refractivity contribution in [3.63, 3.8) is 0 Å². The van der Waals surface area contributed by atoms with E-state index >= 15 is 0 Å².